The number of anilines is 1. The van der Waals surface area contributed by atoms with Gasteiger partial charge < -0.3 is 9.80 Å². The van der Waals surface area contributed by atoms with Crippen molar-refractivity contribution in [2.24, 2.45) is 0 Å². The molecule has 0 spiro atoms. The quantitative estimate of drug-likeness (QED) is 0.795. The Kier molecular flexibility index (Phi) is 4.92. The van der Waals surface area contributed by atoms with Gasteiger partial charge in [-0.25, -0.2) is 4.79 Å². The number of carbonyl (C=O) groups is 1. The summed E-state index contributed by atoms with van der Waals surface area (Å²) in [7, 11) is 0. The largest absolute Gasteiger partial charge is 0.353 e. The van der Waals surface area contributed by atoms with Crippen LogP contribution in [0.25, 0.3) is 0 Å². The van der Waals surface area contributed by atoms with Gasteiger partial charge in [-0.15, -0.1) is 5.10 Å². The number of nitrogens with one attached hydrogen (secondary N) is 1. The molecular formula is C16H20N6O3. The van der Waals surface area contributed by atoms with Crippen LogP contribution < -0.4 is 16.1 Å². The minimum absolute atomic E-state index is 0.0834. The molecule has 9 nitrogen and oxygen atoms in total. The molecule has 2 aromatic heterocycles. The van der Waals surface area contributed by atoms with Crippen LogP contribution in [0.1, 0.15) is 12.1 Å². The zero-order valence-corrected chi connectivity index (χ0v) is 14.0. The molecule has 1 aliphatic heterocycles. The summed E-state index contributed by atoms with van der Waals surface area (Å²) in [6.07, 6.45) is 2.15. The summed E-state index contributed by atoms with van der Waals surface area (Å²) in [5.74, 6) is 0.655. The van der Waals surface area contributed by atoms with Gasteiger partial charge in [-0.3, -0.25) is 19.1 Å². The summed E-state index contributed by atoms with van der Waals surface area (Å²) in [4.78, 5) is 41.3. The third-order valence-corrected chi connectivity index (χ3v) is 4.16. The SMILES string of the molecule is Cc1ccc(N2CCCN(C(=O)Cn3ccc(=O)[nH]c3=O)CC2)nn1. The van der Waals surface area contributed by atoms with Crippen molar-refractivity contribution in [3.05, 3.63) is 50.9 Å². The number of rotatable bonds is 3. The van der Waals surface area contributed by atoms with Crippen LogP contribution in [0.3, 0.4) is 0 Å². The second-order valence-corrected chi connectivity index (χ2v) is 5.99. The molecule has 25 heavy (non-hydrogen) atoms. The van der Waals surface area contributed by atoms with Gasteiger partial charge in [-0.2, -0.15) is 5.10 Å². The molecule has 1 amide bonds. The normalized spacial score (nSPS) is 15.1. The van der Waals surface area contributed by atoms with Crippen molar-refractivity contribution in [1.29, 1.82) is 0 Å². The highest BCUT2D eigenvalue weighted by molar-refractivity contribution is 5.76. The summed E-state index contributed by atoms with van der Waals surface area (Å²) in [6, 6.07) is 5.08. The number of hydrogen-bond acceptors (Lipinski definition) is 6. The lowest BCUT2D eigenvalue weighted by Crippen LogP contribution is -2.40. The summed E-state index contributed by atoms with van der Waals surface area (Å²) in [5.41, 5.74) is -0.188. The first-order valence-corrected chi connectivity index (χ1v) is 8.16. The Morgan fingerprint density at radius 3 is 2.68 bits per heavy atom. The van der Waals surface area contributed by atoms with Crippen molar-refractivity contribution in [1.82, 2.24) is 24.6 Å². The van der Waals surface area contributed by atoms with E-state index in [-0.39, 0.29) is 12.5 Å². The molecule has 0 saturated carbocycles. The molecule has 1 fully saturated rings. The van der Waals surface area contributed by atoms with E-state index in [0.29, 0.717) is 19.6 Å². The van der Waals surface area contributed by atoms with E-state index in [1.165, 1.54) is 16.8 Å². The number of amides is 1. The Morgan fingerprint density at radius 2 is 1.96 bits per heavy atom. The van der Waals surface area contributed by atoms with Crippen LogP contribution in [0.5, 0.6) is 0 Å². The Labute approximate surface area is 143 Å². The maximum atomic E-state index is 12.5. The number of aryl methyl sites for hydroxylation is 1. The summed E-state index contributed by atoms with van der Waals surface area (Å²) in [5, 5.41) is 8.27. The summed E-state index contributed by atoms with van der Waals surface area (Å²) >= 11 is 0. The Balaban J connectivity index is 1.64. The molecule has 0 bridgehead atoms. The van der Waals surface area contributed by atoms with Crippen LogP contribution in [0.2, 0.25) is 0 Å². The van der Waals surface area contributed by atoms with Gasteiger partial charge >= 0.3 is 5.69 Å². The molecule has 0 radical (unpaired) electrons. The number of aromatic nitrogens is 4. The van der Waals surface area contributed by atoms with Crippen LogP contribution in [-0.4, -0.2) is 56.7 Å². The predicted molar refractivity (Wildman–Crippen MR) is 91.5 cm³/mol. The fraction of sp³-hybridized carbons (Fsp3) is 0.438. The number of carbonyl (C=O) groups excluding carboxylic acids is 1. The molecule has 1 aliphatic rings. The van der Waals surface area contributed by atoms with E-state index in [1.807, 2.05) is 19.1 Å². The zero-order valence-electron chi connectivity index (χ0n) is 14.0. The molecule has 0 aliphatic carbocycles. The van der Waals surface area contributed by atoms with Crippen molar-refractivity contribution in [2.75, 3.05) is 31.1 Å². The highest BCUT2D eigenvalue weighted by Gasteiger charge is 2.20. The molecule has 0 aromatic carbocycles. The molecule has 2 aromatic rings. The lowest BCUT2D eigenvalue weighted by Gasteiger charge is -2.22. The molecule has 9 heteroatoms. The topological polar surface area (TPSA) is 104 Å². The molecule has 1 saturated heterocycles. The lowest BCUT2D eigenvalue weighted by molar-refractivity contribution is -0.131. The Bertz CT molecular complexity index is 857. The van der Waals surface area contributed by atoms with Gasteiger partial charge in [-0.05, 0) is 25.5 Å². The first kappa shape index (κ1) is 16.9. The third kappa shape index (κ3) is 4.11. The maximum absolute atomic E-state index is 12.5. The monoisotopic (exact) mass is 344 g/mol. The predicted octanol–water partition coefficient (Wildman–Crippen LogP) is -0.626. The standard InChI is InChI=1S/C16H20N6O3/c1-12-3-4-13(19-18-12)20-6-2-7-21(10-9-20)15(24)11-22-8-5-14(23)17-16(22)25/h3-5,8H,2,6-7,9-11H2,1H3,(H,17,23,25). The fourth-order valence-electron chi connectivity index (χ4n) is 2.77. The van der Waals surface area contributed by atoms with Crippen molar-refractivity contribution < 1.29 is 4.79 Å². The van der Waals surface area contributed by atoms with Crippen LogP contribution in [-0.2, 0) is 11.3 Å². The van der Waals surface area contributed by atoms with E-state index in [9.17, 15) is 14.4 Å². The van der Waals surface area contributed by atoms with Crippen molar-refractivity contribution >= 4 is 11.7 Å². The fourth-order valence-corrected chi connectivity index (χ4v) is 2.77. The second kappa shape index (κ2) is 7.29. The van der Waals surface area contributed by atoms with E-state index < -0.39 is 11.2 Å². The van der Waals surface area contributed by atoms with Crippen molar-refractivity contribution in [3.8, 4) is 0 Å². The van der Waals surface area contributed by atoms with Gasteiger partial charge in [0.25, 0.3) is 5.56 Å². The number of hydrogen-bond donors (Lipinski definition) is 1. The minimum atomic E-state index is -0.577. The number of nitrogens with zero attached hydrogens (tertiary/aromatic N) is 5. The van der Waals surface area contributed by atoms with Crippen LogP contribution in [0.15, 0.2) is 34.0 Å². The second-order valence-electron chi connectivity index (χ2n) is 5.99. The minimum Gasteiger partial charge on any atom is -0.353 e. The van der Waals surface area contributed by atoms with Crippen LogP contribution >= 0.6 is 0 Å². The van der Waals surface area contributed by atoms with Crippen molar-refractivity contribution in [2.45, 2.75) is 19.9 Å². The Hall–Kier alpha value is -2.97. The van der Waals surface area contributed by atoms with E-state index in [0.717, 1.165) is 24.5 Å². The molecule has 3 rings (SSSR count). The van der Waals surface area contributed by atoms with E-state index in [1.54, 1.807) is 4.90 Å². The van der Waals surface area contributed by atoms with Gasteiger partial charge in [0.15, 0.2) is 5.82 Å². The first-order valence-electron chi connectivity index (χ1n) is 8.16. The molecule has 0 atom stereocenters. The van der Waals surface area contributed by atoms with E-state index in [2.05, 4.69) is 20.1 Å². The summed E-state index contributed by atoms with van der Waals surface area (Å²) in [6.45, 7) is 4.42. The highest BCUT2D eigenvalue weighted by atomic mass is 16.2. The summed E-state index contributed by atoms with van der Waals surface area (Å²) < 4.78 is 1.21. The molecular weight excluding hydrogens is 324 g/mol. The van der Waals surface area contributed by atoms with Gasteiger partial charge in [0.2, 0.25) is 5.91 Å². The number of aromatic amines is 1. The third-order valence-electron chi connectivity index (χ3n) is 4.16. The van der Waals surface area contributed by atoms with E-state index >= 15 is 0 Å². The van der Waals surface area contributed by atoms with Gasteiger partial charge in [0.05, 0.1) is 5.69 Å². The van der Waals surface area contributed by atoms with Gasteiger partial charge in [-0.1, -0.05) is 0 Å². The van der Waals surface area contributed by atoms with Crippen LogP contribution in [0.4, 0.5) is 5.82 Å². The number of H-pyrrole nitrogens is 1. The average molecular weight is 344 g/mol. The average Bonchev–Trinajstić information content (AvgIpc) is 2.84. The smallest absolute Gasteiger partial charge is 0.328 e. The van der Waals surface area contributed by atoms with E-state index in [4.69, 9.17) is 0 Å². The highest BCUT2D eigenvalue weighted by Crippen LogP contribution is 2.13. The first-order chi connectivity index (χ1) is 12.0. The van der Waals surface area contributed by atoms with Crippen molar-refractivity contribution in [3.63, 3.8) is 0 Å². The molecule has 1 N–H and O–H groups in total. The lowest BCUT2D eigenvalue weighted by atomic mass is 10.3. The van der Waals surface area contributed by atoms with Crippen LogP contribution in [0, 0.1) is 6.92 Å². The Morgan fingerprint density at radius 1 is 1.12 bits per heavy atom. The zero-order chi connectivity index (χ0) is 17.8. The maximum Gasteiger partial charge on any atom is 0.328 e. The van der Waals surface area contributed by atoms with Gasteiger partial charge in [0, 0.05) is 38.4 Å². The van der Waals surface area contributed by atoms with Gasteiger partial charge in [0.1, 0.15) is 6.54 Å². The molecule has 3 heterocycles. The molecule has 0 unspecified atom stereocenters. The molecule has 132 valence electrons.